The second-order valence-corrected chi connectivity index (χ2v) is 4.75. The third-order valence-electron chi connectivity index (χ3n) is 2.44. The van der Waals surface area contributed by atoms with Crippen molar-refractivity contribution in [2.45, 2.75) is 0 Å². The Morgan fingerprint density at radius 2 is 2.24 bits per heavy atom. The number of aliphatic hydroxyl groups excluding tert-OH is 1. The van der Waals surface area contributed by atoms with Gasteiger partial charge in [-0.3, -0.25) is 0 Å². The molecule has 1 heterocycles. The predicted octanol–water partition coefficient (Wildman–Crippen LogP) is 0.568. The zero-order chi connectivity index (χ0) is 12.4. The van der Waals surface area contributed by atoms with E-state index in [0.29, 0.717) is 16.6 Å². The van der Waals surface area contributed by atoms with E-state index < -0.39 is 14.8 Å². The van der Waals surface area contributed by atoms with Crippen LogP contribution in [0.15, 0.2) is 30.5 Å². The van der Waals surface area contributed by atoms with Gasteiger partial charge < -0.3 is 10.3 Å². The molecule has 1 aliphatic rings. The van der Waals surface area contributed by atoms with Crippen molar-refractivity contribution >= 4 is 19.0 Å². The van der Waals surface area contributed by atoms with Crippen LogP contribution < -0.4 is 5.17 Å². The fourth-order valence-electron chi connectivity index (χ4n) is 1.66. The molecule has 0 amide bonds. The normalized spacial score (nSPS) is 19.7. The minimum atomic E-state index is -2.16. The Labute approximate surface area is 99.1 Å². The van der Waals surface area contributed by atoms with Crippen LogP contribution in [0, 0.1) is 5.21 Å². The lowest BCUT2D eigenvalue weighted by Gasteiger charge is -2.32. The van der Waals surface area contributed by atoms with Gasteiger partial charge in [-0.2, -0.15) is 0 Å². The molecule has 0 aliphatic carbocycles. The quantitative estimate of drug-likeness (QED) is 0.469. The first kappa shape index (κ1) is 12.2. The monoisotopic (exact) mass is 255 g/mol. The Hall–Kier alpha value is -1.30. The summed E-state index contributed by atoms with van der Waals surface area (Å²) in [6, 6.07) is 6.88. The van der Waals surface area contributed by atoms with E-state index >= 15 is 0 Å². The summed E-state index contributed by atoms with van der Waals surface area (Å²) < 4.78 is 16.5. The summed E-state index contributed by atoms with van der Waals surface area (Å²) in [5.41, 5.74) is 1.07. The van der Waals surface area contributed by atoms with E-state index in [0.717, 1.165) is 0 Å². The number of nitrogens with zero attached hydrogens (tertiary/aromatic N) is 1. The summed E-state index contributed by atoms with van der Waals surface area (Å²) >= 11 is 0. The van der Waals surface area contributed by atoms with Crippen LogP contribution in [0.5, 0.6) is 0 Å². The minimum absolute atomic E-state index is 0.156. The largest absolute Gasteiger partial charge is 0.603 e. The van der Waals surface area contributed by atoms with E-state index in [9.17, 15) is 9.77 Å². The van der Waals surface area contributed by atoms with Crippen molar-refractivity contribution in [2.24, 2.45) is 0 Å². The SMILES string of the molecule is CN1C=C([P+](=O)OCO)c2ccccc2[NH+]1[O-]. The second-order valence-electron chi connectivity index (χ2n) is 3.49. The summed E-state index contributed by atoms with van der Waals surface area (Å²) in [6.07, 6.45) is 1.47. The zero-order valence-electron chi connectivity index (χ0n) is 9.16. The van der Waals surface area contributed by atoms with Crippen molar-refractivity contribution in [1.29, 1.82) is 0 Å². The van der Waals surface area contributed by atoms with E-state index in [4.69, 9.17) is 5.11 Å². The van der Waals surface area contributed by atoms with Gasteiger partial charge in [0.15, 0.2) is 12.5 Å². The van der Waals surface area contributed by atoms with Gasteiger partial charge in [0.05, 0.1) is 12.6 Å². The number of hydrogen-bond acceptors (Lipinski definition) is 5. The number of fused-ring (bicyclic) bond motifs is 1. The summed E-state index contributed by atoms with van der Waals surface area (Å²) in [5.74, 6) is 0. The molecule has 2 N–H and O–H groups in total. The molecule has 17 heavy (non-hydrogen) atoms. The molecular weight excluding hydrogens is 243 g/mol. The van der Waals surface area contributed by atoms with Crippen molar-refractivity contribution in [2.75, 3.05) is 13.8 Å². The molecular formula is C10H12N2O4P+. The molecule has 1 aromatic rings. The van der Waals surface area contributed by atoms with Gasteiger partial charge in [0.25, 0.3) is 5.31 Å². The molecule has 0 fully saturated rings. The summed E-state index contributed by atoms with van der Waals surface area (Å²) in [7, 11) is -0.580. The highest BCUT2D eigenvalue weighted by Gasteiger charge is 2.36. The molecule has 90 valence electrons. The Balaban J connectivity index is 2.46. The highest BCUT2D eigenvalue weighted by atomic mass is 31.1. The molecule has 6 nitrogen and oxygen atoms in total. The Morgan fingerprint density at radius 3 is 2.94 bits per heavy atom. The average Bonchev–Trinajstić information content (AvgIpc) is 2.34. The number of rotatable bonds is 3. The highest BCUT2D eigenvalue weighted by molar-refractivity contribution is 7.51. The van der Waals surface area contributed by atoms with E-state index in [-0.39, 0.29) is 5.17 Å². The van der Waals surface area contributed by atoms with Gasteiger partial charge in [0, 0.05) is 6.07 Å². The van der Waals surface area contributed by atoms with E-state index in [2.05, 4.69) is 4.52 Å². The Morgan fingerprint density at radius 1 is 1.53 bits per heavy atom. The lowest BCUT2D eigenvalue weighted by molar-refractivity contribution is -0.899. The number of nitrogens with one attached hydrogen (secondary N) is 1. The Kier molecular flexibility index (Phi) is 3.51. The Bertz CT molecular complexity index is 477. The predicted molar refractivity (Wildman–Crippen MR) is 61.9 cm³/mol. The first-order chi connectivity index (χ1) is 8.15. The van der Waals surface area contributed by atoms with Gasteiger partial charge in [-0.15, -0.1) is 4.52 Å². The van der Waals surface area contributed by atoms with Crippen molar-refractivity contribution in [1.82, 2.24) is 5.01 Å². The molecule has 0 saturated carbocycles. The average molecular weight is 255 g/mol. The summed E-state index contributed by atoms with van der Waals surface area (Å²) in [6.45, 7) is -0.619. The maximum absolute atomic E-state index is 11.8. The lowest BCUT2D eigenvalue weighted by atomic mass is 10.1. The van der Waals surface area contributed by atoms with Crippen LogP contribution in [-0.4, -0.2) is 24.0 Å². The van der Waals surface area contributed by atoms with Crippen molar-refractivity contribution < 1.29 is 19.4 Å². The third-order valence-corrected chi connectivity index (χ3v) is 3.54. The number of hydrogen-bond donors (Lipinski definition) is 2. The topological polar surface area (TPSA) is 77.3 Å². The van der Waals surface area contributed by atoms with Crippen LogP contribution in [0.25, 0.3) is 5.31 Å². The lowest BCUT2D eigenvalue weighted by Crippen LogP contribution is -3.08. The van der Waals surface area contributed by atoms with Crippen molar-refractivity contribution in [3.63, 3.8) is 0 Å². The van der Waals surface area contributed by atoms with Crippen LogP contribution in [0.4, 0.5) is 5.69 Å². The molecule has 2 atom stereocenters. The van der Waals surface area contributed by atoms with Crippen LogP contribution >= 0.6 is 8.03 Å². The molecule has 0 saturated heterocycles. The van der Waals surface area contributed by atoms with Crippen LogP contribution in [0.3, 0.4) is 0 Å². The van der Waals surface area contributed by atoms with Gasteiger partial charge >= 0.3 is 8.03 Å². The standard InChI is InChI=1S/C10H12N2O4P/c1-11-6-10(17(15)16-7-13)8-4-2-3-5-9(8)12(11)14/h2-6,12-13H,7H2,1H3/q+1. The van der Waals surface area contributed by atoms with Gasteiger partial charge in [-0.1, -0.05) is 12.1 Å². The highest BCUT2D eigenvalue weighted by Crippen LogP contribution is 2.43. The van der Waals surface area contributed by atoms with Gasteiger partial charge in [-0.25, -0.2) is 10.2 Å². The molecule has 2 rings (SSSR count). The zero-order valence-corrected chi connectivity index (χ0v) is 10.1. The number of benzene rings is 1. The molecule has 0 radical (unpaired) electrons. The van der Waals surface area contributed by atoms with E-state index in [1.54, 1.807) is 31.3 Å². The molecule has 0 bridgehead atoms. The molecule has 0 aromatic heterocycles. The molecule has 2 unspecified atom stereocenters. The molecule has 1 aromatic carbocycles. The van der Waals surface area contributed by atoms with E-state index in [1.165, 1.54) is 11.2 Å². The second kappa shape index (κ2) is 4.91. The molecule has 7 heteroatoms. The number of aliphatic hydroxyl groups is 1. The molecule has 0 spiro atoms. The first-order valence-corrected chi connectivity index (χ1v) is 6.12. The number of quaternary nitrogens is 1. The maximum atomic E-state index is 11.8. The van der Waals surface area contributed by atoms with Crippen LogP contribution in [0.2, 0.25) is 0 Å². The van der Waals surface area contributed by atoms with Crippen molar-refractivity contribution in [3.05, 3.63) is 41.2 Å². The smallest absolute Gasteiger partial charge is 0.553 e. The van der Waals surface area contributed by atoms with Gasteiger partial charge in [0.2, 0.25) is 0 Å². The van der Waals surface area contributed by atoms with Crippen LogP contribution in [-0.2, 0) is 9.09 Å². The summed E-state index contributed by atoms with van der Waals surface area (Å²) in [4.78, 5) is 0. The fourth-order valence-corrected chi connectivity index (χ4v) is 2.57. The first-order valence-electron chi connectivity index (χ1n) is 4.94. The summed E-state index contributed by atoms with van der Waals surface area (Å²) in [5, 5.41) is 22.1. The van der Waals surface area contributed by atoms with Gasteiger partial charge in [-0.05, 0) is 10.6 Å². The molecule has 1 aliphatic heterocycles. The minimum Gasteiger partial charge on any atom is -0.603 e. The third kappa shape index (κ3) is 2.22. The van der Waals surface area contributed by atoms with Crippen molar-refractivity contribution in [3.8, 4) is 0 Å². The van der Waals surface area contributed by atoms with E-state index in [1.807, 2.05) is 0 Å². The van der Waals surface area contributed by atoms with Gasteiger partial charge in [0.1, 0.15) is 6.20 Å². The fraction of sp³-hybridized carbons (Fsp3) is 0.200. The van der Waals surface area contributed by atoms with Crippen LogP contribution in [0.1, 0.15) is 5.56 Å². The maximum Gasteiger partial charge on any atom is 0.553 e.